The molecule has 14 heavy (non-hydrogen) atoms. The molecule has 0 saturated carbocycles. The monoisotopic (exact) mass is 214 g/mol. The number of hydrogen-bond donors (Lipinski definition) is 0. The third kappa shape index (κ3) is 6.89. The smallest absolute Gasteiger partial charge is 0.143 e. The summed E-state index contributed by atoms with van der Waals surface area (Å²) in [6.45, 7) is 8.83. The van der Waals surface area contributed by atoms with E-state index in [1.165, 1.54) is 6.92 Å². The molecule has 1 atom stereocenters. The van der Waals surface area contributed by atoms with Gasteiger partial charge in [-0.2, -0.15) is 0 Å². The first-order chi connectivity index (χ1) is 6.43. The fourth-order valence-electron chi connectivity index (χ4n) is 0.957. The standard InChI is InChI=1S/C11H18O2S/c1-8(2)5-6-14-11(10(4)13)7-9(3)12/h11H,1,5-7H2,2-4H3. The van der Waals surface area contributed by atoms with E-state index in [2.05, 4.69) is 6.58 Å². The largest absolute Gasteiger partial charge is 0.300 e. The van der Waals surface area contributed by atoms with Crippen LogP contribution < -0.4 is 0 Å². The number of rotatable bonds is 7. The Bertz CT molecular complexity index is 233. The molecule has 0 rings (SSSR count). The lowest BCUT2D eigenvalue weighted by molar-refractivity contribution is -0.121. The summed E-state index contributed by atoms with van der Waals surface area (Å²) in [6, 6.07) is 0. The van der Waals surface area contributed by atoms with E-state index in [0.717, 1.165) is 17.7 Å². The van der Waals surface area contributed by atoms with Gasteiger partial charge < -0.3 is 0 Å². The SMILES string of the molecule is C=C(C)CCSC(CC(C)=O)C(C)=O. The van der Waals surface area contributed by atoms with E-state index >= 15 is 0 Å². The van der Waals surface area contributed by atoms with Gasteiger partial charge in [-0.15, -0.1) is 18.3 Å². The molecule has 0 fully saturated rings. The van der Waals surface area contributed by atoms with Crippen LogP contribution in [-0.2, 0) is 9.59 Å². The van der Waals surface area contributed by atoms with Crippen LogP contribution in [0.15, 0.2) is 12.2 Å². The van der Waals surface area contributed by atoms with Gasteiger partial charge in [0.2, 0.25) is 0 Å². The third-order valence-electron chi connectivity index (χ3n) is 1.77. The molecular formula is C11H18O2S. The Morgan fingerprint density at radius 3 is 2.21 bits per heavy atom. The van der Waals surface area contributed by atoms with Crippen LogP contribution in [0, 0.1) is 0 Å². The van der Waals surface area contributed by atoms with Gasteiger partial charge >= 0.3 is 0 Å². The number of hydrogen-bond acceptors (Lipinski definition) is 3. The molecule has 0 N–H and O–H groups in total. The molecule has 0 aromatic rings. The Morgan fingerprint density at radius 1 is 1.29 bits per heavy atom. The minimum Gasteiger partial charge on any atom is -0.300 e. The van der Waals surface area contributed by atoms with Crippen LogP contribution in [0.25, 0.3) is 0 Å². The maximum absolute atomic E-state index is 11.2. The molecule has 0 aliphatic carbocycles. The molecule has 0 aromatic heterocycles. The van der Waals surface area contributed by atoms with E-state index in [4.69, 9.17) is 0 Å². The number of carbonyl (C=O) groups is 2. The van der Waals surface area contributed by atoms with Crippen molar-refractivity contribution in [2.24, 2.45) is 0 Å². The fraction of sp³-hybridized carbons (Fsp3) is 0.636. The zero-order chi connectivity index (χ0) is 11.1. The summed E-state index contributed by atoms with van der Waals surface area (Å²) in [6.07, 6.45) is 1.27. The van der Waals surface area contributed by atoms with E-state index in [-0.39, 0.29) is 16.8 Å². The normalized spacial score (nSPS) is 12.2. The van der Waals surface area contributed by atoms with Crippen molar-refractivity contribution in [3.8, 4) is 0 Å². The predicted octanol–water partition coefficient (Wildman–Crippen LogP) is 2.62. The summed E-state index contributed by atoms with van der Waals surface area (Å²) < 4.78 is 0. The molecule has 0 bridgehead atoms. The average molecular weight is 214 g/mol. The number of Topliss-reactive ketones (excluding diaryl/α,β-unsaturated/α-hetero) is 2. The van der Waals surface area contributed by atoms with Gasteiger partial charge in [-0.25, -0.2) is 0 Å². The Kier molecular flexibility index (Phi) is 6.54. The molecule has 0 amide bonds. The van der Waals surface area contributed by atoms with Crippen molar-refractivity contribution in [3.63, 3.8) is 0 Å². The van der Waals surface area contributed by atoms with Gasteiger partial charge in [0.1, 0.15) is 11.6 Å². The summed E-state index contributed by atoms with van der Waals surface area (Å²) in [5.74, 6) is 1.03. The third-order valence-corrected chi connectivity index (χ3v) is 3.11. The molecule has 0 aliphatic heterocycles. The molecule has 80 valence electrons. The van der Waals surface area contributed by atoms with Gasteiger partial charge in [-0.05, 0) is 32.9 Å². The Hall–Kier alpha value is -0.570. The first-order valence-corrected chi connectivity index (χ1v) is 5.74. The van der Waals surface area contributed by atoms with Gasteiger partial charge in [-0.1, -0.05) is 5.57 Å². The first-order valence-electron chi connectivity index (χ1n) is 4.69. The van der Waals surface area contributed by atoms with Gasteiger partial charge in [0.15, 0.2) is 0 Å². The Morgan fingerprint density at radius 2 is 1.86 bits per heavy atom. The number of ketones is 2. The number of allylic oxidation sites excluding steroid dienone is 1. The highest BCUT2D eigenvalue weighted by molar-refractivity contribution is 8.00. The van der Waals surface area contributed by atoms with Gasteiger partial charge in [-0.3, -0.25) is 9.59 Å². The molecule has 0 heterocycles. The summed E-state index contributed by atoms with van der Waals surface area (Å²) in [7, 11) is 0. The quantitative estimate of drug-likeness (QED) is 0.611. The Labute approximate surface area is 90.1 Å². The maximum Gasteiger partial charge on any atom is 0.143 e. The van der Waals surface area contributed by atoms with Crippen LogP contribution in [-0.4, -0.2) is 22.6 Å². The second-order valence-corrected chi connectivity index (χ2v) is 4.89. The van der Waals surface area contributed by atoms with E-state index in [9.17, 15) is 9.59 Å². The van der Waals surface area contributed by atoms with Crippen molar-refractivity contribution < 1.29 is 9.59 Å². The minimum absolute atomic E-state index is 0.0769. The minimum atomic E-state index is -0.160. The van der Waals surface area contributed by atoms with E-state index in [1.807, 2.05) is 6.92 Å². The topological polar surface area (TPSA) is 34.1 Å². The molecule has 0 saturated heterocycles. The second kappa shape index (κ2) is 6.82. The summed E-state index contributed by atoms with van der Waals surface area (Å²) >= 11 is 1.56. The van der Waals surface area contributed by atoms with Crippen LogP contribution >= 0.6 is 11.8 Å². The molecule has 0 radical (unpaired) electrons. The molecule has 0 aliphatic rings. The van der Waals surface area contributed by atoms with Crippen LogP contribution in [0.2, 0.25) is 0 Å². The summed E-state index contributed by atoms with van der Waals surface area (Å²) in [4.78, 5) is 22.0. The highest BCUT2D eigenvalue weighted by atomic mass is 32.2. The second-order valence-electron chi connectivity index (χ2n) is 3.58. The van der Waals surface area contributed by atoms with Crippen molar-refractivity contribution in [2.75, 3.05) is 5.75 Å². The lowest BCUT2D eigenvalue weighted by atomic mass is 10.2. The lowest BCUT2D eigenvalue weighted by Crippen LogP contribution is -2.17. The molecule has 2 nitrogen and oxygen atoms in total. The lowest BCUT2D eigenvalue weighted by Gasteiger charge is -2.11. The first kappa shape index (κ1) is 13.4. The van der Waals surface area contributed by atoms with Crippen molar-refractivity contribution in [3.05, 3.63) is 12.2 Å². The highest BCUT2D eigenvalue weighted by Gasteiger charge is 2.16. The van der Waals surface area contributed by atoms with E-state index in [1.54, 1.807) is 18.7 Å². The van der Waals surface area contributed by atoms with Crippen molar-refractivity contribution in [2.45, 2.75) is 38.9 Å². The van der Waals surface area contributed by atoms with E-state index < -0.39 is 0 Å². The molecule has 0 aromatic carbocycles. The van der Waals surface area contributed by atoms with Crippen molar-refractivity contribution in [1.82, 2.24) is 0 Å². The Balaban J connectivity index is 3.91. The van der Waals surface area contributed by atoms with Crippen LogP contribution in [0.3, 0.4) is 0 Å². The maximum atomic E-state index is 11.2. The predicted molar refractivity (Wildman–Crippen MR) is 61.7 cm³/mol. The fourth-order valence-corrected chi connectivity index (χ4v) is 2.29. The van der Waals surface area contributed by atoms with Crippen LogP contribution in [0.5, 0.6) is 0 Å². The summed E-state index contributed by atoms with van der Waals surface area (Å²) in [5, 5.41) is -0.160. The summed E-state index contributed by atoms with van der Waals surface area (Å²) in [5.41, 5.74) is 1.11. The van der Waals surface area contributed by atoms with Gasteiger partial charge in [0, 0.05) is 6.42 Å². The zero-order valence-corrected chi connectivity index (χ0v) is 9.95. The molecule has 0 spiro atoms. The number of thioether (sulfide) groups is 1. The average Bonchev–Trinajstić information content (AvgIpc) is 2.00. The van der Waals surface area contributed by atoms with Crippen LogP contribution in [0.4, 0.5) is 0 Å². The molecular weight excluding hydrogens is 196 g/mol. The van der Waals surface area contributed by atoms with E-state index in [0.29, 0.717) is 6.42 Å². The number of carbonyl (C=O) groups excluding carboxylic acids is 2. The molecule has 3 heteroatoms. The highest BCUT2D eigenvalue weighted by Crippen LogP contribution is 2.18. The van der Waals surface area contributed by atoms with Crippen LogP contribution in [0.1, 0.15) is 33.6 Å². The zero-order valence-electron chi connectivity index (χ0n) is 9.13. The van der Waals surface area contributed by atoms with Gasteiger partial charge in [0.05, 0.1) is 5.25 Å². The van der Waals surface area contributed by atoms with Crippen molar-refractivity contribution >= 4 is 23.3 Å². The molecule has 1 unspecified atom stereocenters. The van der Waals surface area contributed by atoms with Gasteiger partial charge in [0.25, 0.3) is 0 Å². The van der Waals surface area contributed by atoms with Crippen molar-refractivity contribution in [1.29, 1.82) is 0 Å².